The minimum Gasteiger partial charge on any atom is -0.370 e. The Morgan fingerprint density at radius 1 is 1.23 bits per heavy atom. The lowest BCUT2D eigenvalue weighted by Gasteiger charge is -2.18. The summed E-state index contributed by atoms with van der Waals surface area (Å²) in [7, 11) is 0. The third kappa shape index (κ3) is 2.62. The highest BCUT2D eigenvalue weighted by Gasteiger charge is 2.24. The molecule has 0 amide bonds. The van der Waals surface area contributed by atoms with E-state index in [9.17, 15) is 0 Å². The van der Waals surface area contributed by atoms with Crippen LogP contribution < -0.4 is 10.2 Å². The molecule has 0 spiro atoms. The van der Waals surface area contributed by atoms with E-state index < -0.39 is 0 Å². The number of fused-ring (bicyclic) bond motifs is 1. The number of hydrogen-bond donors (Lipinski definition) is 1. The van der Waals surface area contributed by atoms with Gasteiger partial charge in [-0.25, -0.2) is 15.0 Å². The first-order valence-electron chi connectivity index (χ1n) is 7.48. The fourth-order valence-corrected chi connectivity index (χ4v) is 3.66. The average Bonchev–Trinajstić information content (AvgIpc) is 3.22. The maximum atomic E-state index is 4.50. The van der Waals surface area contributed by atoms with Gasteiger partial charge in [0.2, 0.25) is 0 Å². The summed E-state index contributed by atoms with van der Waals surface area (Å²) >= 11 is 1.67. The van der Waals surface area contributed by atoms with Crippen LogP contribution >= 0.6 is 11.3 Å². The van der Waals surface area contributed by atoms with E-state index in [1.165, 1.54) is 11.8 Å². The van der Waals surface area contributed by atoms with Crippen molar-refractivity contribution >= 4 is 33.2 Å². The quantitative estimate of drug-likeness (QED) is 0.802. The van der Waals surface area contributed by atoms with Gasteiger partial charge < -0.3 is 10.2 Å². The Kier molecular flexibility index (Phi) is 3.60. The van der Waals surface area contributed by atoms with Crippen molar-refractivity contribution in [1.29, 1.82) is 0 Å². The molecule has 0 saturated carbocycles. The number of rotatable bonds is 4. The normalized spacial score (nSPS) is 18.0. The zero-order valence-corrected chi connectivity index (χ0v) is 13.0. The first kappa shape index (κ1) is 13.5. The van der Waals surface area contributed by atoms with Gasteiger partial charge in [-0.15, -0.1) is 11.3 Å². The van der Waals surface area contributed by atoms with Gasteiger partial charge in [0.25, 0.3) is 0 Å². The molecular weight excluding hydrogens is 294 g/mol. The van der Waals surface area contributed by atoms with Crippen molar-refractivity contribution < 1.29 is 0 Å². The molecule has 112 valence electrons. The summed E-state index contributed by atoms with van der Waals surface area (Å²) in [5.74, 6) is 2.64. The smallest absolute Gasteiger partial charge is 0.140 e. The molecule has 0 unspecified atom stereocenters. The molecule has 0 bridgehead atoms. The number of nitrogens with zero attached hydrogens (tertiary/aromatic N) is 4. The highest BCUT2D eigenvalue weighted by Crippen LogP contribution is 2.30. The van der Waals surface area contributed by atoms with E-state index in [1.54, 1.807) is 17.7 Å². The molecule has 22 heavy (non-hydrogen) atoms. The number of thiophene rings is 1. The summed E-state index contributed by atoms with van der Waals surface area (Å²) in [4.78, 5) is 16.6. The topological polar surface area (TPSA) is 53.9 Å². The third-order valence-electron chi connectivity index (χ3n) is 4.06. The maximum Gasteiger partial charge on any atom is 0.140 e. The molecule has 1 N–H and O–H groups in total. The van der Waals surface area contributed by atoms with E-state index in [4.69, 9.17) is 0 Å². The molecule has 1 aliphatic rings. The molecule has 5 nitrogen and oxygen atoms in total. The molecule has 1 aliphatic heterocycles. The van der Waals surface area contributed by atoms with Gasteiger partial charge in [0.15, 0.2) is 0 Å². The second kappa shape index (κ2) is 5.88. The van der Waals surface area contributed by atoms with Gasteiger partial charge in [0.1, 0.15) is 22.8 Å². The lowest BCUT2D eigenvalue weighted by Crippen LogP contribution is -2.23. The number of nitrogens with one attached hydrogen (secondary N) is 1. The Labute approximate surface area is 133 Å². The number of pyridine rings is 1. The second-order valence-electron chi connectivity index (χ2n) is 5.53. The fourth-order valence-electron chi connectivity index (χ4n) is 2.94. The Morgan fingerprint density at radius 2 is 2.23 bits per heavy atom. The molecule has 0 aromatic carbocycles. The minimum atomic E-state index is 0.616. The lowest BCUT2D eigenvalue weighted by atomic mass is 10.1. The van der Waals surface area contributed by atoms with E-state index >= 15 is 0 Å². The van der Waals surface area contributed by atoms with Gasteiger partial charge in [-0.05, 0) is 35.9 Å². The van der Waals surface area contributed by atoms with Gasteiger partial charge in [0.05, 0.1) is 5.39 Å². The van der Waals surface area contributed by atoms with Crippen molar-refractivity contribution in [1.82, 2.24) is 15.0 Å². The van der Waals surface area contributed by atoms with Gasteiger partial charge in [-0.3, -0.25) is 0 Å². The highest BCUT2D eigenvalue weighted by atomic mass is 32.1. The summed E-state index contributed by atoms with van der Waals surface area (Å²) in [6.45, 7) is 3.03. The monoisotopic (exact) mass is 311 g/mol. The lowest BCUT2D eigenvalue weighted by molar-refractivity contribution is 0.621. The fraction of sp³-hybridized carbons (Fsp3) is 0.312. The third-order valence-corrected chi connectivity index (χ3v) is 4.88. The summed E-state index contributed by atoms with van der Waals surface area (Å²) < 4.78 is 0. The summed E-state index contributed by atoms with van der Waals surface area (Å²) in [6.07, 6.45) is 4.67. The van der Waals surface area contributed by atoms with Crippen molar-refractivity contribution in [2.24, 2.45) is 5.92 Å². The number of anilines is 2. The summed E-state index contributed by atoms with van der Waals surface area (Å²) in [5, 5.41) is 6.68. The van der Waals surface area contributed by atoms with Crippen LogP contribution in [0.1, 0.15) is 6.42 Å². The predicted molar refractivity (Wildman–Crippen MR) is 90.5 cm³/mol. The molecule has 4 heterocycles. The van der Waals surface area contributed by atoms with Crippen LogP contribution in [0.2, 0.25) is 0 Å². The van der Waals surface area contributed by atoms with Crippen LogP contribution in [0.5, 0.6) is 0 Å². The molecule has 1 fully saturated rings. The molecule has 6 heteroatoms. The zero-order chi connectivity index (χ0) is 14.8. The van der Waals surface area contributed by atoms with Crippen LogP contribution in [0.25, 0.3) is 10.2 Å². The van der Waals surface area contributed by atoms with E-state index in [1.807, 2.05) is 24.4 Å². The molecule has 3 aromatic rings. The van der Waals surface area contributed by atoms with Gasteiger partial charge in [0, 0.05) is 25.8 Å². The van der Waals surface area contributed by atoms with Gasteiger partial charge in [-0.1, -0.05) is 6.07 Å². The Morgan fingerprint density at radius 3 is 3.14 bits per heavy atom. The van der Waals surface area contributed by atoms with Crippen molar-refractivity contribution in [3.8, 4) is 0 Å². The Balaban J connectivity index is 1.43. The van der Waals surface area contributed by atoms with Crippen LogP contribution in [-0.4, -0.2) is 34.6 Å². The van der Waals surface area contributed by atoms with Crippen LogP contribution in [-0.2, 0) is 0 Å². The maximum absolute atomic E-state index is 4.50. The molecular formula is C16H17N5S. The summed E-state index contributed by atoms with van der Waals surface area (Å²) in [6, 6.07) is 8.06. The number of aromatic nitrogens is 3. The molecule has 3 aromatic heterocycles. The molecule has 0 radical (unpaired) electrons. The van der Waals surface area contributed by atoms with Gasteiger partial charge in [-0.2, -0.15) is 0 Å². The zero-order valence-electron chi connectivity index (χ0n) is 12.1. The molecule has 1 saturated heterocycles. The van der Waals surface area contributed by atoms with E-state index in [0.717, 1.165) is 36.1 Å². The van der Waals surface area contributed by atoms with E-state index in [2.05, 4.69) is 36.6 Å². The Hall–Kier alpha value is -2.21. The van der Waals surface area contributed by atoms with Crippen molar-refractivity contribution in [2.75, 3.05) is 29.9 Å². The molecule has 1 atom stereocenters. The van der Waals surface area contributed by atoms with E-state index in [0.29, 0.717) is 5.92 Å². The average molecular weight is 311 g/mol. The van der Waals surface area contributed by atoms with E-state index in [-0.39, 0.29) is 0 Å². The van der Waals surface area contributed by atoms with Crippen LogP contribution in [0, 0.1) is 5.92 Å². The largest absolute Gasteiger partial charge is 0.370 e. The highest BCUT2D eigenvalue weighted by molar-refractivity contribution is 7.16. The molecule has 4 rings (SSSR count). The SMILES string of the molecule is c1ccc(NC[C@@H]2CCN(c3ncnc4sccc34)C2)nc1. The minimum absolute atomic E-state index is 0.616. The predicted octanol–water partition coefficient (Wildman–Crippen LogP) is 3.02. The van der Waals surface area contributed by atoms with Crippen LogP contribution in [0.4, 0.5) is 11.6 Å². The van der Waals surface area contributed by atoms with Crippen molar-refractivity contribution in [2.45, 2.75) is 6.42 Å². The van der Waals surface area contributed by atoms with Crippen molar-refractivity contribution in [3.05, 3.63) is 42.2 Å². The first-order chi connectivity index (χ1) is 10.9. The Bertz CT molecular complexity index is 757. The second-order valence-corrected chi connectivity index (χ2v) is 6.43. The van der Waals surface area contributed by atoms with Crippen LogP contribution in [0.15, 0.2) is 42.2 Å². The summed E-state index contributed by atoms with van der Waals surface area (Å²) in [5.41, 5.74) is 0. The van der Waals surface area contributed by atoms with Gasteiger partial charge >= 0.3 is 0 Å². The van der Waals surface area contributed by atoms with Crippen molar-refractivity contribution in [3.63, 3.8) is 0 Å². The first-order valence-corrected chi connectivity index (χ1v) is 8.36. The molecule has 0 aliphatic carbocycles. The standard InChI is InChI=1S/C16H17N5S/c1-2-6-17-14(3-1)18-9-12-4-7-21(10-12)15-13-5-8-22-16(13)20-11-19-15/h1-3,5-6,8,11-12H,4,7,9-10H2,(H,17,18)/t12-/m0/s1. The van der Waals surface area contributed by atoms with Crippen LogP contribution in [0.3, 0.4) is 0 Å². The number of hydrogen-bond acceptors (Lipinski definition) is 6.